The molecule has 0 radical (unpaired) electrons. The summed E-state index contributed by atoms with van der Waals surface area (Å²) in [6.07, 6.45) is -0.625. The highest BCUT2D eigenvalue weighted by molar-refractivity contribution is 6.23. The van der Waals surface area contributed by atoms with Crippen LogP contribution in [0.2, 0.25) is 0 Å². The lowest BCUT2D eigenvalue weighted by Gasteiger charge is -2.46. The average Bonchev–Trinajstić information content (AvgIpc) is 4.05. The van der Waals surface area contributed by atoms with Gasteiger partial charge >= 0.3 is 12.1 Å². The fraction of sp³-hybridized carbons (Fsp3) is 0.200. The van der Waals surface area contributed by atoms with Gasteiger partial charge < -0.3 is 24.6 Å². The molecule has 3 aliphatic heterocycles. The van der Waals surface area contributed by atoms with Crippen LogP contribution in [0.1, 0.15) is 51.6 Å². The van der Waals surface area contributed by atoms with Crippen LogP contribution in [-0.4, -0.2) is 79.6 Å². The molecule has 2 fully saturated rings. The van der Waals surface area contributed by atoms with E-state index in [1.54, 1.807) is 47.1 Å². The zero-order valence-corrected chi connectivity index (χ0v) is 38.4. The van der Waals surface area contributed by atoms with Gasteiger partial charge in [-0.05, 0) is 70.8 Å². The standard InChI is InChI=1S/C55H45N7O10/c1-2-29-56-51(64)46-48-52(65)72-49(38-17-7-4-8-18-38)47(37-15-5-3-6-16-37)61(48)50(40-19-9-12-22-45(40)70-32-31-63)55(46)41-33-35(14-13-30-59-44-21-11-10-20-42(44)57-58-59)25-28-43(41)60(53(55)66)54(67)71-34-36-23-26-39(27-24-36)62(68)69/h2-12,15-28,33,46-50,63H,1,29-32,34H2,(H,56,64). The maximum absolute atomic E-state index is 16.5. The summed E-state index contributed by atoms with van der Waals surface area (Å²) in [5.74, 6) is 2.60. The number of aliphatic hydroxyl groups excluding tert-OH is 1. The van der Waals surface area contributed by atoms with Gasteiger partial charge in [-0.2, -0.15) is 0 Å². The number of carbonyl (C=O) groups is 4. The Hall–Kier alpha value is -8.98. The summed E-state index contributed by atoms with van der Waals surface area (Å²) in [6.45, 7) is 3.01. The van der Waals surface area contributed by atoms with E-state index >= 15 is 14.4 Å². The molecule has 17 nitrogen and oxygen atoms in total. The van der Waals surface area contributed by atoms with E-state index in [1.807, 2.05) is 89.8 Å². The predicted molar refractivity (Wildman–Crippen MR) is 262 cm³/mol. The Balaban J connectivity index is 1.22. The number of aromatic nitrogens is 3. The van der Waals surface area contributed by atoms with Gasteiger partial charge in [0.15, 0.2) is 0 Å². The minimum absolute atomic E-state index is 0.0483. The number of amides is 3. The van der Waals surface area contributed by atoms with E-state index < -0.39 is 64.4 Å². The van der Waals surface area contributed by atoms with Gasteiger partial charge in [0.2, 0.25) is 11.8 Å². The lowest BCUT2D eigenvalue weighted by atomic mass is 9.65. The number of anilines is 1. The molecule has 2 N–H and O–H groups in total. The summed E-state index contributed by atoms with van der Waals surface area (Å²) in [5.41, 5.74) is 1.85. The molecule has 3 amide bonds. The lowest BCUT2D eigenvalue weighted by molar-refractivity contribution is -0.384. The van der Waals surface area contributed by atoms with E-state index in [0.29, 0.717) is 33.3 Å². The number of nitrogens with one attached hydrogen (secondary N) is 1. The third-order valence-electron chi connectivity index (χ3n) is 13.3. The average molecular weight is 964 g/mol. The number of benzene rings is 6. The van der Waals surface area contributed by atoms with Gasteiger partial charge in [0.1, 0.15) is 48.6 Å². The number of hydrogen-bond donors (Lipinski definition) is 2. The smallest absolute Gasteiger partial charge is 0.421 e. The summed E-state index contributed by atoms with van der Waals surface area (Å²) < 4.78 is 20.3. The number of para-hydroxylation sites is 2. The van der Waals surface area contributed by atoms with Crippen molar-refractivity contribution in [1.29, 1.82) is 0 Å². The molecule has 6 aromatic carbocycles. The first-order chi connectivity index (χ1) is 35.1. The molecule has 6 atom stereocenters. The van der Waals surface area contributed by atoms with Crippen molar-refractivity contribution in [2.45, 2.75) is 42.8 Å². The normalized spacial score (nSPS) is 21.0. The second-order valence-corrected chi connectivity index (χ2v) is 17.3. The second kappa shape index (κ2) is 19.8. The third-order valence-corrected chi connectivity index (χ3v) is 13.3. The fourth-order valence-electron chi connectivity index (χ4n) is 10.4. The number of nitro groups is 1. The lowest BCUT2D eigenvalue weighted by Crippen LogP contribution is -2.55. The van der Waals surface area contributed by atoms with Gasteiger partial charge in [-0.25, -0.2) is 14.4 Å². The number of imide groups is 1. The van der Waals surface area contributed by atoms with Crippen LogP contribution in [0.5, 0.6) is 5.75 Å². The zero-order valence-electron chi connectivity index (χ0n) is 38.4. The molecule has 1 spiro atoms. The van der Waals surface area contributed by atoms with E-state index in [0.717, 1.165) is 10.4 Å². The number of nitrogens with zero attached hydrogens (tertiary/aromatic N) is 6. The highest BCUT2D eigenvalue weighted by Gasteiger charge is 2.76. The Morgan fingerprint density at radius 3 is 2.33 bits per heavy atom. The number of aliphatic hydroxyl groups is 1. The number of non-ortho nitro benzene ring substituents is 1. The molecule has 360 valence electrons. The van der Waals surface area contributed by atoms with Crippen LogP contribution in [0.25, 0.3) is 11.0 Å². The van der Waals surface area contributed by atoms with Crippen molar-refractivity contribution in [3.8, 4) is 17.6 Å². The highest BCUT2D eigenvalue weighted by atomic mass is 16.6. The maximum Gasteiger partial charge on any atom is 0.421 e. The number of esters is 1. The van der Waals surface area contributed by atoms with Crippen molar-refractivity contribution in [2.75, 3.05) is 24.7 Å². The van der Waals surface area contributed by atoms with E-state index in [-0.39, 0.29) is 55.6 Å². The molecule has 72 heavy (non-hydrogen) atoms. The number of hydrogen-bond acceptors (Lipinski definition) is 13. The number of cyclic esters (lactones) is 1. The fourth-order valence-corrected chi connectivity index (χ4v) is 10.4. The summed E-state index contributed by atoms with van der Waals surface area (Å²) in [6, 6.07) is 39.5. The number of carbonyl (C=O) groups excluding carboxylic acids is 4. The number of ether oxygens (including phenoxy) is 3. The molecular weight excluding hydrogens is 919 g/mol. The van der Waals surface area contributed by atoms with E-state index in [4.69, 9.17) is 14.2 Å². The Bertz CT molecular complexity index is 3300. The number of rotatable bonds is 13. The van der Waals surface area contributed by atoms with Gasteiger partial charge in [-0.3, -0.25) is 29.4 Å². The van der Waals surface area contributed by atoms with Crippen molar-refractivity contribution < 1.29 is 43.4 Å². The summed E-state index contributed by atoms with van der Waals surface area (Å²) in [4.78, 5) is 75.8. The molecule has 3 aliphatic rings. The molecule has 0 aliphatic carbocycles. The van der Waals surface area contributed by atoms with Crippen molar-refractivity contribution >= 4 is 46.3 Å². The quantitative estimate of drug-likeness (QED) is 0.0390. The van der Waals surface area contributed by atoms with Crippen molar-refractivity contribution in [3.05, 3.63) is 208 Å². The first kappa shape index (κ1) is 46.7. The molecule has 17 heteroatoms. The highest BCUT2D eigenvalue weighted by Crippen LogP contribution is 2.66. The Kier molecular flexibility index (Phi) is 12.8. The number of morpholine rings is 1. The Labute approximate surface area is 412 Å². The Morgan fingerprint density at radius 2 is 1.60 bits per heavy atom. The molecule has 10 rings (SSSR count). The van der Waals surface area contributed by atoms with Crippen molar-refractivity contribution in [2.24, 2.45) is 5.92 Å². The second-order valence-electron chi connectivity index (χ2n) is 17.3. The molecule has 2 saturated heterocycles. The number of fused-ring (bicyclic) bond motifs is 4. The summed E-state index contributed by atoms with van der Waals surface area (Å²) in [5, 5.41) is 32.9. The van der Waals surface area contributed by atoms with Crippen molar-refractivity contribution in [1.82, 2.24) is 25.2 Å². The van der Waals surface area contributed by atoms with E-state index in [9.17, 15) is 20.0 Å². The van der Waals surface area contributed by atoms with Crippen LogP contribution in [0.4, 0.5) is 16.2 Å². The first-order valence-corrected chi connectivity index (χ1v) is 23.1. The molecule has 0 saturated carbocycles. The van der Waals surface area contributed by atoms with Gasteiger partial charge in [-0.1, -0.05) is 114 Å². The largest absolute Gasteiger partial charge is 0.491 e. The van der Waals surface area contributed by atoms with E-state index in [2.05, 4.69) is 34.0 Å². The first-order valence-electron chi connectivity index (χ1n) is 23.1. The molecular formula is C55H45N7O10. The molecule has 4 heterocycles. The van der Waals surface area contributed by atoms with Crippen molar-refractivity contribution in [3.63, 3.8) is 0 Å². The topological polar surface area (TPSA) is 209 Å². The minimum atomic E-state index is -2.17. The van der Waals surface area contributed by atoms with Gasteiger partial charge in [0.05, 0.1) is 40.7 Å². The monoisotopic (exact) mass is 963 g/mol. The zero-order chi connectivity index (χ0) is 49.9. The third kappa shape index (κ3) is 8.17. The van der Waals surface area contributed by atoms with Crippen LogP contribution < -0.4 is 15.0 Å². The van der Waals surface area contributed by atoms with Gasteiger partial charge in [-0.15, -0.1) is 11.7 Å². The Morgan fingerprint density at radius 1 is 0.889 bits per heavy atom. The van der Waals surface area contributed by atoms with Gasteiger partial charge in [0, 0.05) is 29.8 Å². The van der Waals surface area contributed by atoms with Crippen LogP contribution in [0.3, 0.4) is 0 Å². The van der Waals surface area contributed by atoms with Crippen LogP contribution >= 0.6 is 0 Å². The molecule has 7 aromatic rings. The predicted octanol–water partition coefficient (Wildman–Crippen LogP) is 7.07. The van der Waals surface area contributed by atoms with E-state index in [1.165, 1.54) is 30.3 Å². The summed E-state index contributed by atoms with van der Waals surface area (Å²) in [7, 11) is 0. The van der Waals surface area contributed by atoms with Crippen LogP contribution in [0.15, 0.2) is 164 Å². The number of nitro benzene ring substituents is 1. The van der Waals surface area contributed by atoms with Crippen LogP contribution in [-0.2, 0) is 42.4 Å². The summed E-state index contributed by atoms with van der Waals surface area (Å²) >= 11 is 0. The van der Waals surface area contributed by atoms with Crippen LogP contribution in [0, 0.1) is 27.9 Å². The molecule has 6 unspecified atom stereocenters. The maximum atomic E-state index is 16.5. The van der Waals surface area contributed by atoms with Gasteiger partial charge in [0.25, 0.3) is 5.69 Å². The minimum Gasteiger partial charge on any atom is -0.491 e. The molecule has 1 aromatic heterocycles. The molecule has 0 bridgehead atoms. The SMILES string of the molecule is C=CCNC(=O)C1C2C(=O)OC(c3ccccc3)C(c3ccccc3)N2C(c2ccccc2OCCO)C12C(=O)N(C(=O)OCc1ccc([N+](=O)[O-])cc1)c1ccc(C#CCn3nnc4ccccc43)cc12.